The Kier molecular flexibility index (Phi) is 2.57. The molecule has 0 unspecified atom stereocenters. The van der Waals surface area contributed by atoms with Gasteiger partial charge in [-0.25, -0.2) is 0 Å². The van der Waals surface area contributed by atoms with Crippen LogP contribution in [0.5, 0.6) is 0 Å². The summed E-state index contributed by atoms with van der Waals surface area (Å²) in [5.74, 6) is 2.76. The summed E-state index contributed by atoms with van der Waals surface area (Å²) in [5, 5.41) is 9.47. The van der Waals surface area contributed by atoms with Crippen LogP contribution in [0.15, 0.2) is 12.2 Å². The van der Waals surface area contributed by atoms with Crippen LogP contribution in [0.25, 0.3) is 0 Å². The number of likely N-dealkylation sites (tertiary alicyclic amines) is 1. The van der Waals surface area contributed by atoms with Gasteiger partial charge in [0.25, 0.3) is 0 Å². The number of aliphatic hydroxyl groups excluding tert-OH is 1. The van der Waals surface area contributed by atoms with Crippen molar-refractivity contribution in [2.45, 2.75) is 31.8 Å². The SMILES string of the molecule is OC1CC[NH+](C[C@H]2C[C@@H]3C=C[C@H]2C3)CC1. The largest absolute Gasteiger partial charge is 0.393 e. The predicted molar refractivity (Wildman–Crippen MR) is 59.6 cm³/mol. The van der Waals surface area contributed by atoms with Crippen molar-refractivity contribution in [1.82, 2.24) is 0 Å². The molecule has 2 heteroatoms. The highest BCUT2D eigenvalue weighted by molar-refractivity contribution is 5.09. The van der Waals surface area contributed by atoms with Crippen LogP contribution in [0.2, 0.25) is 0 Å². The summed E-state index contributed by atoms with van der Waals surface area (Å²) >= 11 is 0. The van der Waals surface area contributed by atoms with E-state index >= 15 is 0 Å². The van der Waals surface area contributed by atoms with Crippen LogP contribution in [0.3, 0.4) is 0 Å². The maximum atomic E-state index is 9.47. The molecule has 2 N–H and O–H groups in total. The fourth-order valence-corrected chi connectivity index (χ4v) is 3.72. The average Bonchev–Trinajstić information content (AvgIpc) is 2.83. The van der Waals surface area contributed by atoms with Crippen LogP contribution in [-0.2, 0) is 0 Å². The van der Waals surface area contributed by atoms with Crippen molar-refractivity contribution in [3.8, 4) is 0 Å². The molecule has 0 spiro atoms. The van der Waals surface area contributed by atoms with E-state index in [-0.39, 0.29) is 6.10 Å². The first-order valence-electron chi connectivity index (χ1n) is 6.51. The molecule has 2 bridgehead atoms. The fourth-order valence-electron chi connectivity index (χ4n) is 3.72. The molecule has 0 aromatic heterocycles. The van der Waals surface area contributed by atoms with Crippen LogP contribution in [0, 0.1) is 17.8 Å². The zero-order valence-electron chi connectivity index (χ0n) is 9.36. The van der Waals surface area contributed by atoms with Crippen molar-refractivity contribution >= 4 is 0 Å². The van der Waals surface area contributed by atoms with Gasteiger partial charge in [0.1, 0.15) is 0 Å². The molecule has 3 rings (SSSR count). The lowest BCUT2D eigenvalue weighted by Crippen LogP contribution is -3.14. The van der Waals surface area contributed by atoms with Gasteiger partial charge in [0.2, 0.25) is 0 Å². The predicted octanol–water partition coefficient (Wildman–Crippen LogP) is 0.238. The Balaban J connectivity index is 1.51. The molecule has 1 saturated heterocycles. The Bertz CT molecular complexity index is 255. The number of quaternary nitrogens is 1. The van der Waals surface area contributed by atoms with E-state index < -0.39 is 0 Å². The van der Waals surface area contributed by atoms with Gasteiger partial charge in [0, 0.05) is 18.8 Å². The Morgan fingerprint density at radius 1 is 1.13 bits per heavy atom. The van der Waals surface area contributed by atoms with Crippen molar-refractivity contribution < 1.29 is 10.0 Å². The first kappa shape index (κ1) is 9.86. The van der Waals surface area contributed by atoms with Crippen molar-refractivity contribution in [3.63, 3.8) is 0 Å². The molecule has 3 atom stereocenters. The summed E-state index contributed by atoms with van der Waals surface area (Å²) < 4.78 is 0. The second kappa shape index (κ2) is 3.91. The lowest BCUT2D eigenvalue weighted by Gasteiger charge is -2.30. The Labute approximate surface area is 92.0 Å². The average molecular weight is 208 g/mol. The molecule has 15 heavy (non-hydrogen) atoms. The number of aliphatic hydroxyl groups is 1. The van der Waals surface area contributed by atoms with Crippen LogP contribution >= 0.6 is 0 Å². The minimum Gasteiger partial charge on any atom is -0.393 e. The number of hydrogen-bond donors (Lipinski definition) is 2. The molecule has 84 valence electrons. The molecule has 2 nitrogen and oxygen atoms in total. The zero-order chi connectivity index (χ0) is 10.3. The van der Waals surface area contributed by atoms with E-state index in [0.29, 0.717) is 0 Å². The smallest absolute Gasteiger partial charge is 0.0805 e. The van der Waals surface area contributed by atoms with E-state index in [2.05, 4.69) is 12.2 Å². The molecule has 3 aliphatic rings. The van der Waals surface area contributed by atoms with E-state index in [1.54, 1.807) is 4.90 Å². The van der Waals surface area contributed by atoms with Gasteiger partial charge in [-0.15, -0.1) is 0 Å². The highest BCUT2D eigenvalue weighted by atomic mass is 16.3. The standard InChI is InChI=1S/C13H21NO/c15-13-3-5-14(6-4-13)9-12-8-10-1-2-11(12)7-10/h1-2,10-13,15H,3-9H2/p+1/t10-,11+,12-/m1/s1. The number of nitrogens with one attached hydrogen (secondary N) is 1. The first-order chi connectivity index (χ1) is 7.31. The summed E-state index contributed by atoms with van der Waals surface area (Å²) in [4.78, 5) is 1.74. The van der Waals surface area contributed by atoms with Crippen molar-refractivity contribution in [2.75, 3.05) is 19.6 Å². The van der Waals surface area contributed by atoms with Gasteiger partial charge in [-0.1, -0.05) is 12.2 Å². The third-order valence-electron chi connectivity index (χ3n) is 4.63. The van der Waals surface area contributed by atoms with Crippen molar-refractivity contribution in [1.29, 1.82) is 0 Å². The van der Waals surface area contributed by atoms with Crippen LogP contribution < -0.4 is 4.90 Å². The molecular formula is C13H22NO+. The topological polar surface area (TPSA) is 24.7 Å². The van der Waals surface area contributed by atoms with Crippen LogP contribution in [0.4, 0.5) is 0 Å². The van der Waals surface area contributed by atoms with E-state index in [9.17, 15) is 5.11 Å². The quantitative estimate of drug-likeness (QED) is 0.624. The number of rotatable bonds is 2. The second-order valence-electron chi connectivity index (χ2n) is 5.73. The number of fused-ring (bicyclic) bond motifs is 2. The highest BCUT2D eigenvalue weighted by Gasteiger charge is 2.38. The molecule has 0 amide bonds. The van der Waals surface area contributed by atoms with E-state index in [1.165, 1.54) is 32.5 Å². The zero-order valence-corrected chi connectivity index (χ0v) is 9.36. The molecule has 1 saturated carbocycles. The maximum absolute atomic E-state index is 9.47. The lowest BCUT2D eigenvalue weighted by molar-refractivity contribution is -0.909. The second-order valence-corrected chi connectivity index (χ2v) is 5.73. The van der Waals surface area contributed by atoms with Gasteiger partial charge in [-0.2, -0.15) is 0 Å². The van der Waals surface area contributed by atoms with E-state index in [0.717, 1.165) is 30.6 Å². The summed E-state index contributed by atoms with van der Waals surface area (Å²) in [7, 11) is 0. The van der Waals surface area contributed by atoms with Gasteiger partial charge in [0.05, 0.1) is 25.7 Å². The molecule has 0 aromatic carbocycles. The third-order valence-corrected chi connectivity index (χ3v) is 4.63. The van der Waals surface area contributed by atoms with Crippen LogP contribution in [0.1, 0.15) is 25.7 Å². The molecule has 1 heterocycles. The van der Waals surface area contributed by atoms with Gasteiger partial charge in [-0.05, 0) is 24.7 Å². The van der Waals surface area contributed by atoms with Gasteiger partial charge in [-0.3, -0.25) is 0 Å². The Morgan fingerprint density at radius 2 is 1.93 bits per heavy atom. The minimum absolute atomic E-state index is 0.00586. The van der Waals surface area contributed by atoms with Gasteiger partial charge in [0.15, 0.2) is 0 Å². The first-order valence-corrected chi connectivity index (χ1v) is 6.51. The van der Waals surface area contributed by atoms with Gasteiger partial charge < -0.3 is 10.0 Å². The summed E-state index contributed by atoms with van der Waals surface area (Å²) in [6, 6.07) is 0. The number of piperidine rings is 1. The summed E-state index contributed by atoms with van der Waals surface area (Å²) in [5.41, 5.74) is 0. The normalized spacial score (nSPS) is 48.7. The van der Waals surface area contributed by atoms with Crippen molar-refractivity contribution in [2.24, 2.45) is 17.8 Å². The Hall–Kier alpha value is -0.340. The highest BCUT2D eigenvalue weighted by Crippen LogP contribution is 2.42. The number of allylic oxidation sites excluding steroid dienone is 2. The third kappa shape index (κ3) is 1.98. The molecule has 0 aromatic rings. The van der Waals surface area contributed by atoms with Crippen LogP contribution in [-0.4, -0.2) is 30.8 Å². The molecule has 2 fully saturated rings. The maximum Gasteiger partial charge on any atom is 0.0805 e. The van der Waals surface area contributed by atoms with Crippen molar-refractivity contribution in [3.05, 3.63) is 12.2 Å². The molecule has 0 radical (unpaired) electrons. The van der Waals surface area contributed by atoms with E-state index in [1.807, 2.05) is 0 Å². The van der Waals surface area contributed by atoms with E-state index in [4.69, 9.17) is 0 Å². The lowest BCUT2D eigenvalue weighted by atomic mass is 9.92. The van der Waals surface area contributed by atoms with Gasteiger partial charge >= 0.3 is 0 Å². The number of hydrogen-bond acceptors (Lipinski definition) is 1. The molecule has 1 aliphatic heterocycles. The fraction of sp³-hybridized carbons (Fsp3) is 0.846. The summed E-state index contributed by atoms with van der Waals surface area (Å²) in [6.45, 7) is 3.75. The molecular weight excluding hydrogens is 186 g/mol. The summed E-state index contributed by atoms with van der Waals surface area (Å²) in [6.07, 6.45) is 9.79. The Morgan fingerprint density at radius 3 is 2.53 bits per heavy atom. The monoisotopic (exact) mass is 208 g/mol. The minimum atomic E-state index is -0.00586. The molecule has 2 aliphatic carbocycles.